The fourth-order valence-corrected chi connectivity index (χ4v) is 8.52. The van der Waals surface area contributed by atoms with Crippen LogP contribution < -0.4 is 10.6 Å². The van der Waals surface area contributed by atoms with E-state index in [1.165, 1.54) is 11.8 Å². The highest BCUT2D eigenvalue weighted by Crippen LogP contribution is 2.48. The van der Waals surface area contributed by atoms with Crippen LogP contribution in [0.15, 0.2) is 30.3 Å². The van der Waals surface area contributed by atoms with Crippen molar-refractivity contribution in [2.45, 2.75) is 53.5 Å². The third-order valence-electron chi connectivity index (χ3n) is 7.95. The number of ether oxygens (including phenoxy) is 1. The van der Waals surface area contributed by atoms with Crippen LogP contribution in [0, 0.1) is 11.8 Å². The Hall–Kier alpha value is -0.510. The van der Waals surface area contributed by atoms with Crippen molar-refractivity contribution in [1.29, 1.82) is 0 Å². The van der Waals surface area contributed by atoms with E-state index in [1.54, 1.807) is 0 Å². The zero-order valence-corrected chi connectivity index (χ0v) is 20.5. The highest BCUT2D eigenvalue weighted by atomic mass is 79.9. The SMILES string of the molecule is CS(=O)(=O)C1CNCC2C3NCC(Br)CC3N([C@H](c3ccccc3)C3CCOCC3)C21. The monoisotopic (exact) mass is 511 g/mol. The van der Waals surface area contributed by atoms with Gasteiger partial charge in [0.1, 0.15) is 0 Å². The fourth-order valence-electron chi connectivity index (χ4n) is 6.68. The van der Waals surface area contributed by atoms with E-state index in [1.807, 2.05) is 0 Å². The second kappa shape index (κ2) is 9.03. The summed E-state index contributed by atoms with van der Waals surface area (Å²) in [6.07, 6.45) is 4.53. The molecule has 0 spiro atoms. The van der Waals surface area contributed by atoms with Crippen molar-refractivity contribution in [2.75, 3.05) is 39.1 Å². The van der Waals surface area contributed by atoms with Gasteiger partial charge in [-0.05, 0) is 30.7 Å². The van der Waals surface area contributed by atoms with Gasteiger partial charge in [0.15, 0.2) is 9.84 Å². The van der Waals surface area contributed by atoms with Crippen molar-refractivity contribution in [3.05, 3.63) is 35.9 Å². The molecule has 0 aliphatic carbocycles. The minimum atomic E-state index is -3.18. The van der Waals surface area contributed by atoms with Crippen molar-refractivity contribution in [1.82, 2.24) is 15.5 Å². The van der Waals surface area contributed by atoms with Crippen LogP contribution in [-0.4, -0.2) is 80.6 Å². The first-order valence-electron chi connectivity index (χ1n) is 11.6. The summed E-state index contributed by atoms with van der Waals surface area (Å²) in [5.41, 5.74) is 1.32. The highest BCUT2D eigenvalue weighted by molar-refractivity contribution is 9.09. The van der Waals surface area contributed by atoms with E-state index in [4.69, 9.17) is 4.74 Å². The molecule has 4 aliphatic heterocycles. The number of rotatable bonds is 4. The molecule has 4 aliphatic rings. The van der Waals surface area contributed by atoms with Gasteiger partial charge in [0.25, 0.3) is 0 Å². The van der Waals surface area contributed by atoms with Crippen LogP contribution in [0.2, 0.25) is 0 Å². The van der Waals surface area contributed by atoms with Crippen LogP contribution in [-0.2, 0) is 14.6 Å². The van der Waals surface area contributed by atoms with Gasteiger partial charge < -0.3 is 15.4 Å². The predicted octanol–water partition coefficient (Wildman–Crippen LogP) is 1.97. The van der Waals surface area contributed by atoms with Crippen molar-refractivity contribution in [3.8, 4) is 0 Å². The maximum absolute atomic E-state index is 13.0. The largest absolute Gasteiger partial charge is 0.381 e. The topological polar surface area (TPSA) is 70.7 Å². The Kier molecular flexibility index (Phi) is 6.49. The number of nitrogens with one attached hydrogen (secondary N) is 2. The van der Waals surface area contributed by atoms with Crippen molar-refractivity contribution in [3.63, 3.8) is 0 Å². The van der Waals surface area contributed by atoms with Crippen LogP contribution >= 0.6 is 15.9 Å². The maximum Gasteiger partial charge on any atom is 0.153 e. The molecule has 6 unspecified atom stereocenters. The lowest BCUT2D eigenvalue weighted by molar-refractivity contribution is -0.000288. The molecule has 6 nitrogen and oxygen atoms in total. The van der Waals surface area contributed by atoms with Crippen LogP contribution in [0.4, 0.5) is 0 Å². The average molecular weight is 513 g/mol. The molecule has 4 saturated heterocycles. The molecule has 4 fully saturated rings. The Balaban J connectivity index is 1.62. The summed E-state index contributed by atoms with van der Waals surface area (Å²) in [7, 11) is -3.18. The molecule has 7 atom stereocenters. The number of fused-ring (bicyclic) bond motifs is 3. The van der Waals surface area contributed by atoms with Gasteiger partial charge in [0.05, 0.1) is 5.25 Å². The zero-order chi connectivity index (χ0) is 21.6. The molecular weight excluding hydrogens is 478 g/mol. The molecule has 1 aromatic carbocycles. The lowest BCUT2D eigenvalue weighted by Crippen LogP contribution is -2.59. The number of likely N-dealkylation sites (tertiary alicyclic amines) is 1. The number of sulfone groups is 1. The van der Waals surface area contributed by atoms with E-state index in [2.05, 4.69) is 61.8 Å². The fraction of sp³-hybridized carbons (Fsp3) is 0.739. The molecule has 0 radical (unpaired) electrons. The smallest absolute Gasteiger partial charge is 0.153 e. The number of piperidine rings is 2. The van der Waals surface area contributed by atoms with E-state index >= 15 is 0 Å². The van der Waals surface area contributed by atoms with Crippen LogP contribution in [0.3, 0.4) is 0 Å². The normalized spacial score (nSPS) is 38.4. The molecule has 8 heteroatoms. The number of halogens is 1. The lowest BCUT2D eigenvalue weighted by Gasteiger charge is -2.47. The maximum atomic E-state index is 13.0. The Labute approximate surface area is 194 Å². The molecule has 0 aromatic heterocycles. The van der Waals surface area contributed by atoms with Gasteiger partial charge >= 0.3 is 0 Å². The molecular formula is C23H34BrN3O3S. The van der Waals surface area contributed by atoms with Crippen molar-refractivity contribution < 1.29 is 13.2 Å². The molecule has 1 aromatic rings. The van der Waals surface area contributed by atoms with E-state index in [9.17, 15) is 8.42 Å². The van der Waals surface area contributed by atoms with Gasteiger partial charge in [-0.25, -0.2) is 8.42 Å². The Morgan fingerprint density at radius 2 is 1.87 bits per heavy atom. The second-order valence-corrected chi connectivity index (χ2v) is 13.3. The summed E-state index contributed by atoms with van der Waals surface area (Å²) in [5.74, 6) is 0.769. The molecule has 172 valence electrons. The highest BCUT2D eigenvalue weighted by Gasteiger charge is 2.58. The summed E-state index contributed by atoms with van der Waals surface area (Å²) in [6, 6.07) is 11.7. The van der Waals surface area contributed by atoms with Gasteiger partial charge in [-0.3, -0.25) is 4.90 Å². The lowest BCUT2D eigenvalue weighted by atomic mass is 9.84. The van der Waals surface area contributed by atoms with Gasteiger partial charge in [0.2, 0.25) is 0 Å². The number of hydrogen-bond donors (Lipinski definition) is 2. The van der Waals surface area contributed by atoms with E-state index in [0.29, 0.717) is 35.3 Å². The summed E-state index contributed by atoms with van der Waals surface area (Å²) in [5, 5.41) is 6.88. The summed E-state index contributed by atoms with van der Waals surface area (Å²) < 4.78 is 31.6. The molecule has 5 rings (SSSR count). The third-order valence-corrected chi connectivity index (χ3v) is 10.2. The van der Waals surface area contributed by atoms with Crippen LogP contribution in [0.5, 0.6) is 0 Å². The van der Waals surface area contributed by atoms with E-state index < -0.39 is 9.84 Å². The van der Waals surface area contributed by atoms with E-state index in [-0.39, 0.29) is 17.3 Å². The summed E-state index contributed by atoms with van der Waals surface area (Å²) in [4.78, 5) is 3.07. The van der Waals surface area contributed by atoms with Crippen molar-refractivity contribution in [2.24, 2.45) is 11.8 Å². The summed E-state index contributed by atoms with van der Waals surface area (Å²) in [6.45, 7) is 3.95. The Bertz CT molecular complexity index is 864. The van der Waals surface area contributed by atoms with Crippen LogP contribution in [0.25, 0.3) is 0 Å². The minimum Gasteiger partial charge on any atom is -0.381 e. The van der Waals surface area contributed by atoms with E-state index in [0.717, 1.165) is 45.6 Å². The average Bonchev–Trinajstić information content (AvgIpc) is 3.08. The van der Waals surface area contributed by atoms with Gasteiger partial charge in [-0.1, -0.05) is 46.3 Å². The first-order valence-corrected chi connectivity index (χ1v) is 14.5. The number of hydrogen-bond acceptors (Lipinski definition) is 6. The standard InChI is InChI=1S/C23H34BrN3O3S/c1-31(28,29)20-14-25-13-18-21-19(11-17(24)12-26-21)27(23(18)20)22(15-5-3-2-4-6-15)16-7-9-30-10-8-16/h2-6,16-23,25-26H,7-14H2,1H3/t17?,18?,19?,20?,21?,22-,23?/m1/s1. The third kappa shape index (κ3) is 4.24. The number of benzene rings is 1. The second-order valence-electron chi connectivity index (χ2n) is 9.77. The molecule has 0 amide bonds. The first-order chi connectivity index (χ1) is 14.9. The molecule has 0 bridgehead atoms. The van der Waals surface area contributed by atoms with Gasteiger partial charge in [0, 0.05) is 74.0 Å². The van der Waals surface area contributed by atoms with Crippen molar-refractivity contribution >= 4 is 25.8 Å². The van der Waals surface area contributed by atoms with Gasteiger partial charge in [-0.2, -0.15) is 0 Å². The quantitative estimate of drug-likeness (QED) is 0.602. The predicted molar refractivity (Wildman–Crippen MR) is 126 cm³/mol. The zero-order valence-electron chi connectivity index (χ0n) is 18.1. The Morgan fingerprint density at radius 1 is 1.13 bits per heavy atom. The number of nitrogens with zero attached hydrogens (tertiary/aromatic N) is 1. The molecule has 0 saturated carbocycles. The Morgan fingerprint density at radius 3 is 2.58 bits per heavy atom. The minimum absolute atomic E-state index is 0.0320. The molecule has 31 heavy (non-hydrogen) atoms. The molecule has 2 N–H and O–H groups in total. The van der Waals surface area contributed by atoms with Crippen LogP contribution in [0.1, 0.15) is 30.9 Å². The van der Waals surface area contributed by atoms with Gasteiger partial charge in [-0.15, -0.1) is 0 Å². The summed E-state index contributed by atoms with van der Waals surface area (Å²) >= 11 is 3.86. The molecule has 4 heterocycles. The number of alkyl halides is 1. The first kappa shape index (κ1) is 22.3.